The molecule has 0 saturated carbocycles. The fraction of sp³-hybridized carbons (Fsp3) is 0.125. The third-order valence-electron chi connectivity index (χ3n) is 3.12. The van der Waals surface area contributed by atoms with Crippen molar-refractivity contribution in [3.63, 3.8) is 0 Å². The summed E-state index contributed by atoms with van der Waals surface area (Å²) in [6.45, 7) is 0.376. The molecule has 5 nitrogen and oxygen atoms in total. The number of para-hydroxylation sites is 1. The molecule has 1 aromatic carbocycles. The summed E-state index contributed by atoms with van der Waals surface area (Å²) in [7, 11) is 1.36. The van der Waals surface area contributed by atoms with Crippen molar-refractivity contribution in [1.29, 1.82) is 0 Å². The number of rotatable bonds is 4. The van der Waals surface area contributed by atoms with Gasteiger partial charge in [0.05, 0.1) is 29.4 Å². The molecule has 0 radical (unpaired) electrons. The summed E-state index contributed by atoms with van der Waals surface area (Å²) >= 11 is 0. The van der Waals surface area contributed by atoms with Gasteiger partial charge in [-0.2, -0.15) is 0 Å². The molecule has 0 fully saturated rings. The molecule has 0 unspecified atom stereocenters. The molecule has 0 amide bonds. The smallest absolute Gasteiger partial charge is 0.340 e. The lowest BCUT2D eigenvalue weighted by molar-refractivity contribution is 0.0602. The molecule has 0 atom stereocenters. The van der Waals surface area contributed by atoms with E-state index in [-0.39, 0.29) is 5.97 Å². The second kappa shape index (κ2) is 5.66. The van der Waals surface area contributed by atoms with Crippen LogP contribution in [0.5, 0.6) is 5.75 Å². The number of nitrogens with one attached hydrogen (secondary N) is 1. The van der Waals surface area contributed by atoms with Gasteiger partial charge in [-0.05, 0) is 24.3 Å². The second-order valence-corrected chi connectivity index (χ2v) is 4.51. The van der Waals surface area contributed by atoms with Gasteiger partial charge in [-0.1, -0.05) is 18.2 Å². The second-order valence-electron chi connectivity index (χ2n) is 4.51. The van der Waals surface area contributed by atoms with E-state index >= 15 is 0 Å². The van der Waals surface area contributed by atoms with Crippen molar-refractivity contribution in [2.75, 3.05) is 7.11 Å². The lowest BCUT2D eigenvalue weighted by Gasteiger charge is -2.03. The number of H-pyrrole nitrogens is 1. The third kappa shape index (κ3) is 2.72. The normalized spacial score (nSPS) is 10.5. The van der Waals surface area contributed by atoms with E-state index in [1.165, 1.54) is 7.11 Å². The minimum Gasteiger partial charge on any atom is -0.487 e. The number of fused-ring (bicyclic) bond motifs is 1. The van der Waals surface area contributed by atoms with E-state index in [1.54, 1.807) is 12.3 Å². The molecule has 0 spiro atoms. The number of benzene rings is 1. The van der Waals surface area contributed by atoms with Gasteiger partial charge in [0.25, 0.3) is 0 Å². The van der Waals surface area contributed by atoms with Gasteiger partial charge in [-0.3, -0.25) is 4.98 Å². The molecule has 1 N–H and O–H groups in total. The summed E-state index contributed by atoms with van der Waals surface area (Å²) < 4.78 is 10.4. The zero-order valence-corrected chi connectivity index (χ0v) is 11.5. The van der Waals surface area contributed by atoms with Crippen molar-refractivity contribution in [1.82, 2.24) is 9.97 Å². The zero-order valence-electron chi connectivity index (χ0n) is 11.5. The molecule has 106 valence electrons. The van der Waals surface area contributed by atoms with Crippen LogP contribution >= 0.6 is 0 Å². The summed E-state index contributed by atoms with van der Waals surface area (Å²) in [5.41, 5.74) is 2.69. The quantitative estimate of drug-likeness (QED) is 0.747. The average molecular weight is 282 g/mol. The van der Waals surface area contributed by atoms with E-state index in [0.717, 1.165) is 11.4 Å². The number of carbonyl (C=O) groups excluding carboxylic acids is 1. The zero-order chi connectivity index (χ0) is 14.7. The molecule has 0 aliphatic heterocycles. The van der Waals surface area contributed by atoms with Crippen LogP contribution in [0, 0.1) is 0 Å². The molecule has 0 bridgehead atoms. The first-order valence-corrected chi connectivity index (χ1v) is 6.50. The van der Waals surface area contributed by atoms with Gasteiger partial charge in [0.2, 0.25) is 0 Å². The Labute approximate surface area is 121 Å². The third-order valence-corrected chi connectivity index (χ3v) is 3.12. The van der Waals surface area contributed by atoms with Crippen LogP contribution < -0.4 is 4.74 Å². The van der Waals surface area contributed by atoms with Gasteiger partial charge >= 0.3 is 5.97 Å². The van der Waals surface area contributed by atoms with Crippen LogP contribution in [0.3, 0.4) is 0 Å². The van der Waals surface area contributed by atoms with E-state index in [4.69, 9.17) is 9.47 Å². The first kappa shape index (κ1) is 13.2. The molecule has 5 heteroatoms. The minimum absolute atomic E-state index is 0.376. The Kier molecular flexibility index (Phi) is 3.55. The number of nitrogens with zero attached hydrogens (tertiary/aromatic N) is 1. The molecule has 3 rings (SSSR count). The SMILES string of the molecule is COC(=O)c1ccnc2cc(COc3ccccc3)[nH]c12. The summed E-state index contributed by atoms with van der Waals surface area (Å²) in [5, 5.41) is 0. The highest BCUT2D eigenvalue weighted by atomic mass is 16.5. The summed E-state index contributed by atoms with van der Waals surface area (Å²) in [6, 6.07) is 13.0. The number of ether oxygens (including phenoxy) is 2. The maximum Gasteiger partial charge on any atom is 0.340 e. The fourth-order valence-corrected chi connectivity index (χ4v) is 2.12. The number of hydrogen-bond donors (Lipinski definition) is 1. The van der Waals surface area contributed by atoms with Crippen LogP contribution in [0.25, 0.3) is 11.0 Å². The average Bonchev–Trinajstić information content (AvgIpc) is 2.96. The van der Waals surface area contributed by atoms with Crippen molar-refractivity contribution >= 4 is 17.0 Å². The molecule has 21 heavy (non-hydrogen) atoms. The van der Waals surface area contributed by atoms with E-state index in [1.807, 2.05) is 36.4 Å². The van der Waals surface area contributed by atoms with Gasteiger partial charge in [0.15, 0.2) is 0 Å². The minimum atomic E-state index is -0.389. The molecule has 0 aliphatic rings. The van der Waals surface area contributed by atoms with Gasteiger partial charge in [0, 0.05) is 6.20 Å². The molecule has 2 heterocycles. The number of aromatic amines is 1. The van der Waals surface area contributed by atoms with E-state index < -0.39 is 0 Å². The predicted molar refractivity (Wildman–Crippen MR) is 78.2 cm³/mol. The Morgan fingerprint density at radius 3 is 2.81 bits per heavy atom. The Morgan fingerprint density at radius 2 is 2.05 bits per heavy atom. The molecule has 3 aromatic rings. The number of aromatic nitrogens is 2. The van der Waals surface area contributed by atoms with Gasteiger partial charge < -0.3 is 14.5 Å². The highest BCUT2D eigenvalue weighted by Gasteiger charge is 2.13. The molecule has 0 aliphatic carbocycles. The lowest BCUT2D eigenvalue weighted by Crippen LogP contribution is -2.02. The topological polar surface area (TPSA) is 64.2 Å². The summed E-state index contributed by atoms with van der Waals surface area (Å²) in [4.78, 5) is 19.1. The summed E-state index contributed by atoms with van der Waals surface area (Å²) in [6.07, 6.45) is 1.59. The Balaban J connectivity index is 1.86. The number of methoxy groups -OCH3 is 1. The first-order chi connectivity index (χ1) is 10.3. The van der Waals surface area contributed by atoms with Crippen molar-refractivity contribution in [2.45, 2.75) is 6.61 Å². The van der Waals surface area contributed by atoms with Gasteiger partial charge in [-0.25, -0.2) is 4.79 Å². The van der Waals surface area contributed by atoms with Crippen molar-refractivity contribution in [3.8, 4) is 5.75 Å². The number of esters is 1. The molecule has 0 saturated heterocycles. The van der Waals surface area contributed by atoms with Crippen LogP contribution in [0.2, 0.25) is 0 Å². The van der Waals surface area contributed by atoms with Crippen LogP contribution in [0.4, 0.5) is 0 Å². The van der Waals surface area contributed by atoms with Crippen LogP contribution in [-0.2, 0) is 11.3 Å². The van der Waals surface area contributed by atoms with E-state index in [9.17, 15) is 4.79 Å². The highest BCUT2D eigenvalue weighted by molar-refractivity contribution is 6.01. The maximum absolute atomic E-state index is 11.7. The van der Waals surface area contributed by atoms with Crippen molar-refractivity contribution < 1.29 is 14.3 Å². The number of carbonyl (C=O) groups is 1. The number of pyridine rings is 1. The highest BCUT2D eigenvalue weighted by Crippen LogP contribution is 2.19. The van der Waals surface area contributed by atoms with Gasteiger partial charge in [-0.15, -0.1) is 0 Å². The van der Waals surface area contributed by atoms with E-state index in [2.05, 4.69) is 9.97 Å². The molecule has 2 aromatic heterocycles. The molecular weight excluding hydrogens is 268 g/mol. The Morgan fingerprint density at radius 1 is 1.24 bits per heavy atom. The van der Waals surface area contributed by atoms with Crippen LogP contribution in [0.15, 0.2) is 48.7 Å². The summed E-state index contributed by atoms with van der Waals surface area (Å²) in [5.74, 6) is 0.400. The monoisotopic (exact) mass is 282 g/mol. The molecular formula is C16H14N2O3. The lowest BCUT2D eigenvalue weighted by atomic mass is 10.2. The van der Waals surface area contributed by atoms with Crippen LogP contribution in [0.1, 0.15) is 16.1 Å². The largest absolute Gasteiger partial charge is 0.487 e. The van der Waals surface area contributed by atoms with Crippen LogP contribution in [-0.4, -0.2) is 23.0 Å². The van der Waals surface area contributed by atoms with E-state index in [0.29, 0.717) is 23.2 Å². The first-order valence-electron chi connectivity index (χ1n) is 6.50. The van der Waals surface area contributed by atoms with Crippen molar-refractivity contribution in [2.24, 2.45) is 0 Å². The maximum atomic E-state index is 11.7. The van der Waals surface area contributed by atoms with Crippen molar-refractivity contribution in [3.05, 3.63) is 59.9 Å². The fourth-order valence-electron chi connectivity index (χ4n) is 2.12. The van der Waals surface area contributed by atoms with Gasteiger partial charge in [0.1, 0.15) is 12.4 Å². The predicted octanol–water partition coefficient (Wildman–Crippen LogP) is 2.93. The number of hydrogen-bond acceptors (Lipinski definition) is 4. The Bertz CT molecular complexity index is 766. The Hall–Kier alpha value is -2.82. The standard InChI is InChI=1S/C16H14N2O3/c1-20-16(19)13-7-8-17-14-9-11(18-15(13)14)10-21-12-5-3-2-4-6-12/h2-9,18H,10H2,1H3.